The van der Waals surface area contributed by atoms with Crippen LogP contribution in [-0.2, 0) is 4.79 Å². The maximum Gasteiger partial charge on any atom is 0.274 e. The summed E-state index contributed by atoms with van der Waals surface area (Å²) in [5, 5.41) is 2.30. The quantitative estimate of drug-likeness (QED) is 0.581. The molecule has 0 saturated heterocycles. The van der Waals surface area contributed by atoms with E-state index in [0.717, 1.165) is 9.37 Å². The van der Waals surface area contributed by atoms with Gasteiger partial charge in [0, 0.05) is 21.3 Å². The van der Waals surface area contributed by atoms with Crippen LogP contribution < -0.4 is 11.1 Å². The summed E-state index contributed by atoms with van der Waals surface area (Å²) in [6.07, 6.45) is 1.62. The number of H-pyrrole nitrogens is 1. The van der Waals surface area contributed by atoms with Gasteiger partial charge in [-0.25, -0.2) is 0 Å². The zero-order valence-corrected chi connectivity index (χ0v) is 12.8. The highest BCUT2D eigenvalue weighted by Gasteiger charge is 2.11. The van der Waals surface area contributed by atoms with Crippen LogP contribution in [0.5, 0.6) is 0 Å². The lowest BCUT2D eigenvalue weighted by molar-refractivity contribution is -0.117. The van der Waals surface area contributed by atoms with Crippen LogP contribution in [-0.4, -0.2) is 22.6 Å². The molecular formula is C13H12BrN3O2S. The molecule has 7 heteroatoms. The minimum atomic E-state index is -0.442. The molecule has 0 spiro atoms. The first-order chi connectivity index (χ1) is 9.56. The maximum absolute atomic E-state index is 11.7. The summed E-state index contributed by atoms with van der Waals surface area (Å²) in [7, 11) is 0. The number of halogens is 1. The van der Waals surface area contributed by atoms with Crippen molar-refractivity contribution in [3.8, 4) is 0 Å². The lowest BCUT2D eigenvalue weighted by Gasteiger charge is -2.06. The van der Waals surface area contributed by atoms with Gasteiger partial charge in [-0.1, -0.05) is 15.9 Å². The molecule has 0 aliphatic rings. The number of carbonyl (C=O) groups is 2. The molecule has 0 unspecified atom stereocenters. The van der Waals surface area contributed by atoms with Crippen LogP contribution in [0.1, 0.15) is 10.5 Å². The van der Waals surface area contributed by atoms with Gasteiger partial charge in [-0.15, -0.1) is 11.8 Å². The molecule has 0 fully saturated rings. The van der Waals surface area contributed by atoms with E-state index in [0.29, 0.717) is 11.4 Å². The fraction of sp³-hybridized carbons (Fsp3) is 0.0769. The van der Waals surface area contributed by atoms with Crippen molar-refractivity contribution < 1.29 is 9.59 Å². The Labute approximate surface area is 128 Å². The number of amides is 2. The highest BCUT2D eigenvalue weighted by molar-refractivity contribution is 9.10. The third-order valence-corrected chi connectivity index (χ3v) is 3.99. The van der Waals surface area contributed by atoms with Gasteiger partial charge in [0.05, 0.1) is 5.75 Å². The maximum atomic E-state index is 11.7. The number of hydrogen-bond acceptors (Lipinski definition) is 4. The van der Waals surface area contributed by atoms with E-state index in [2.05, 4.69) is 26.2 Å². The van der Waals surface area contributed by atoms with Crippen molar-refractivity contribution >= 4 is 45.2 Å². The summed E-state index contributed by atoms with van der Waals surface area (Å²) < 4.78 is 0.886. The molecule has 2 aromatic rings. The van der Waals surface area contributed by atoms with Gasteiger partial charge in [-0.3, -0.25) is 14.9 Å². The molecule has 5 nitrogen and oxygen atoms in total. The molecule has 104 valence electrons. The second-order valence-corrected chi connectivity index (χ2v) is 5.86. The van der Waals surface area contributed by atoms with Gasteiger partial charge >= 0.3 is 0 Å². The summed E-state index contributed by atoms with van der Waals surface area (Å²) in [5.74, 6) is -0.690. The molecule has 4 N–H and O–H groups in total. The zero-order valence-electron chi connectivity index (χ0n) is 10.4. The number of anilines is 1. The Balaban J connectivity index is 1.89. The van der Waals surface area contributed by atoms with E-state index >= 15 is 0 Å². The van der Waals surface area contributed by atoms with Crippen LogP contribution in [0, 0.1) is 0 Å². The SMILES string of the molecule is Nc1ccc(Br)cc1SCC(=O)NC(=O)c1ccc[nH]1. The number of nitrogens with one attached hydrogen (secondary N) is 2. The third kappa shape index (κ3) is 3.88. The van der Waals surface area contributed by atoms with Gasteiger partial charge in [0.25, 0.3) is 5.91 Å². The molecule has 0 saturated carbocycles. The Morgan fingerprint density at radius 1 is 1.35 bits per heavy atom. The van der Waals surface area contributed by atoms with Gasteiger partial charge in [0.1, 0.15) is 5.69 Å². The molecule has 0 atom stereocenters. The van der Waals surface area contributed by atoms with E-state index < -0.39 is 5.91 Å². The monoisotopic (exact) mass is 353 g/mol. The summed E-state index contributed by atoms with van der Waals surface area (Å²) in [6.45, 7) is 0. The van der Waals surface area contributed by atoms with Crippen LogP contribution >= 0.6 is 27.7 Å². The van der Waals surface area contributed by atoms with Crippen LogP contribution in [0.4, 0.5) is 5.69 Å². The first-order valence-corrected chi connectivity index (χ1v) is 7.49. The smallest absolute Gasteiger partial charge is 0.274 e. The summed E-state index contributed by atoms with van der Waals surface area (Å²) in [6, 6.07) is 8.71. The van der Waals surface area contributed by atoms with Gasteiger partial charge < -0.3 is 10.7 Å². The predicted molar refractivity (Wildman–Crippen MR) is 82.5 cm³/mol. The molecule has 0 aliphatic carbocycles. The van der Waals surface area contributed by atoms with Crippen LogP contribution in [0.15, 0.2) is 45.9 Å². The minimum absolute atomic E-state index is 0.118. The number of thioether (sulfide) groups is 1. The van der Waals surface area contributed by atoms with E-state index in [4.69, 9.17) is 5.73 Å². The second-order valence-electron chi connectivity index (χ2n) is 3.93. The molecular weight excluding hydrogens is 342 g/mol. The lowest BCUT2D eigenvalue weighted by atomic mass is 10.3. The molecule has 1 heterocycles. The van der Waals surface area contributed by atoms with E-state index in [1.807, 2.05) is 12.1 Å². The van der Waals surface area contributed by atoms with Crippen LogP contribution in [0.2, 0.25) is 0 Å². The number of nitrogen functional groups attached to an aromatic ring is 1. The number of benzene rings is 1. The fourth-order valence-electron chi connectivity index (χ4n) is 1.48. The van der Waals surface area contributed by atoms with Crippen molar-refractivity contribution in [1.82, 2.24) is 10.3 Å². The molecule has 0 bridgehead atoms. The van der Waals surface area contributed by atoms with Crippen molar-refractivity contribution in [2.45, 2.75) is 4.90 Å². The number of rotatable bonds is 4. The Morgan fingerprint density at radius 2 is 2.15 bits per heavy atom. The van der Waals surface area contributed by atoms with Crippen LogP contribution in [0.25, 0.3) is 0 Å². The van der Waals surface area contributed by atoms with Gasteiger partial charge in [0.15, 0.2) is 0 Å². The van der Waals surface area contributed by atoms with Crippen molar-refractivity contribution in [1.29, 1.82) is 0 Å². The molecule has 1 aromatic heterocycles. The van der Waals surface area contributed by atoms with Crippen molar-refractivity contribution in [3.05, 3.63) is 46.7 Å². The molecule has 2 rings (SSSR count). The van der Waals surface area contributed by atoms with E-state index in [-0.39, 0.29) is 11.7 Å². The fourth-order valence-corrected chi connectivity index (χ4v) is 2.79. The first kappa shape index (κ1) is 14.7. The highest BCUT2D eigenvalue weighted by Crippen LogP contribution is 2.27. The van der Waals surface area contributed by atoms with E-state index in [9.17, 15) is 9.59 Å². The number of aromatic amines is 1. The first-order valence-electron chi connectivity index (χ1n) is 5.71. The molecule has 0 aliphatic heterocycles. The van der Waals surface area contributed by atoms with Gasteiger partial charge in [0.2, 0.25) is 5.91 Å². The average Bonchev–Trinajstić information content (AvgIpc) is 2.94. The largest absolute Gasteiger partial charge is 0.398 e. The van der Waals surface area contributed by atoms with Crippen molar-refractivity contribution in [3.63, 3.8) is 0 Å². The zero-order chi connectivity index (χ0) is 14.5. The number of aromatic nitrogens is 1. The predicted octanol–water partition coefficient (Wildman–Crippen LogP) is 2.41. The van der Waals surface area contributed by atoms with E-state index in [1.165, 1.54) is 11.8 Å². The lowest BCUT2D eigenvalue weighted by Crippen LogP contribution is -2.32. The highest BCUT2D eigenvalue weighted by atomic mass is 79.9. The second kappa shape index (κ2) is 6.62. The topological polar surface area (TPSA) is 88.0 Å². The van der Waals surface area contributed by atoms with Gasteiger partial charge in [-0.2, -0.15) is 0 Å². The number of carbonyl (C=O) groups excluding carboxylic acids is 2. The average molecular weight is 354 g/mol. The Hall–Kier alpha value is -1.73. The molecule has 20 heavy (non-hydrogen) atoms. The summed E-state index contributed by atoms with van der Waals surface area (Å²) in [5.41, 5.74) is 6.76. The third-order valence-electron chi connectivity index (χ3n) is 2.43. The molecule has 2 amide bonds. The number of imide groups is 1. The van der Waals surface area contributed by atoms with Crippen molar-refractivity contribution in [2.24, 2.45) is 0 Å². The van der Waals surface area contributed by atoms with Gasteiger partial charge in [-0.05, 0) is 30.3 Å². The Morgan fingerprint density at radius 3 is 2.85 bits per heavy atom. The number of hydrogen-bond donors (Lipinski definition) is 3. The molecule has 0 radical (unpaired) electrons. The standard InChI is InChI=1S/C13H12BrN3O2S/c14-8-3-4-9(15)11(6-8)20-7-12(18)17-13(19)10-2-1-5-16-10/h1-6,16H,7,15H2,(H,17,18,19). The normalized spacial score (nSPS) is 10.2. The number of nitrogens with two attached hydrogens (primary N) is 1. The van der Waals surface area contributed by atoms with Crippen molar-refractivity contribution in [2.75, 3.05) is 11.5 Å². The minimum Gasteiger partial charge on any atom is -0.398 e. The Kier molecular flexibility index (Phi) is 4.86. The molecule has 1 aromatic carbocycles. The summed E-state index contributed by atoms with van der Waals surface area (Å²) in [4.78, 5) is 26.9. The van der Waals surface area contributed by atoms with E-state index in [1.54, 1.807) is 24.4 Å². The Bertz CT molecular complexity index is 629. The summed E-state index contributed by atoms with van der Waals surface area (Å²) >= 11 is 4.62. The van der Waals surface area contributed by atoms with Crippen LogP contribution in [0.3, 0.4) is 0 Å².